The molecule has 1 atom stereocenters. The highest BCUT2D eigenvalue weighted by Gasteiger charge is 2.24. The van der Waals surface area contributed by atoms with Crippen molar-refractivity contribution in [3.05, 3.63) is 33.3 Å². The number of likely N-dealkylation sites (tertiary alicyclic amines) is 1. The Morgan fingerprint density at radius 1 is 1.53 bits per heavy atom. The van der Waals surface area contributed by atoms with Gasteiger partial charge in [-0.05, 0) is 50.2 Å². The number of rotatable bonds is 4. The maximum atomic E-state index is 6.24. The van der Waals surface area contributed by atoms with E-state index in [0.29, 0.717) is 6.04 Å². The van der Waals surface area contributed by atoms with E-state index in [2.05, 4.69) is 32.2 Å². The van der Waals surface area contributed by atoms with Gasteiger partial charge in [0.2, 0.25) is 0 Å². The van der Waals surface area contributed by atoms with Crippen LogP contribution in [0, 0.1) is 0 Å². The van der Waals surface area contributed by atoms with Crippen LogP contribution < -0.4 is 5.32 Å². The third-order valence-corrected chi connectivity index (χ3v) is 4.18. The molecule has 0 aromatic heterocycles. The van der Waals surface area contributed by atoms with Gasteiger partial charge < -0.3 is 5.32 Å². The van der Waals surface area contributed by atoms with Crippen molar-refractivity contribution in [2.45, 2.75) is 25.4 Å². The molecule has 1 fully saturated rings. The summed E-state index contributed by atoms with van der Waals surface area (Å²) in [4.78, 5) is 2.52. The average molecular weight is 318 g/mol. The van der Waals surface area contributed by atoms with Crippen LogP contribution in [0.5, 0.6) is 0 Å². The van der Waals surface area contributed by atoms with Crippen LogP contribution in [0.25, 0.3) is 0 Å². The fourth-order valence-electron chi connectivity index (χ4n) is 2.45. The standard InChI is InChI=1S/C13H18BrClN2/c1-16-8-12-3-2-6-17(12)9-10-7-11(14)4-5-13(10)15/h4-5,7,12,16H,2-3,6,8-9H2,1H3. The zero-order valence-electron chi connectivity index (χ0n) is 10.0. The van der Waals surface area contributed by atoms with E-state index in [4.69, 9.17) is 11.6 Å². The third-order valence-electron chi connectivity index (χ3n) is 3.32. The second-order valence-electron chi connectivity index (χ2n) is 4.56. The molecule has 4 heteroatoms. The Bertz CT molecular complexity index is 384. The van der Waals surface area contributed by atoms with Gasteiger partial charge in [0.05, 0.1) is 0 Å². The fourth-order valence-corrected chi connectivity index (χ4v) is 3.04. The van der Waals surface area contributed by atoms with Gasteiger partial charge in [-0.25, -0.2) is 0 Å². The third kappa shape index (κ3) is 3.44. The van der Waals surface area contributed by atoms with Gasteiger partial charge in [-0.2, -0.15) is 0 Å². The highest BCUT2D eigenvalue weighted by molar-refractivity contribution is 9.10. The van der Waals surface area contributed by atoms with E-state index in [1.807, 2.05) is 19.2 Å². The zero-order valence-corrected chi connectivity index (χ0v) is 12.4. The van der Waals surface area contributed by atoms with Crippen molar-refractivity contribution in [3.8, 4) is 0 Å². The zero-order chi connectivity index (χ0) is 12.3. The van der Waals surface area contributed by atoms with Crippen molar-refractivity contribution in [2.24, 2.45) is 0 Å². The minimum Gasteiger partial charge on any atom is -0.318 e. The van der Waals surface area contributed by atoms with Gasteiger partial charge in [0.1, 0.15) is 0 Å². The Balaban J connectivity index is 2.06. The molecule has 2 nitrogen and oxygen atoms in total. The number of nitrogens with one attached hydrogen (secondary N) is 1. The van der Waals surface area contributed by atoms with Gasteiger partial charge in [-0.15, -0.1) is 0 Å². The summed E-state index contributed by atoms with van der Waals surface area (Å²) >= 11 is 9.74. The second kappa shape index (κ2) is 6.19. The molecule has 0 aliphatic carbocycles. The Hall–Kier alpha value is -0.0900. The molecule has 0 radical (unpaired) electrons. The molecule has 1 aliphatic heterocycles. The maximum absolute atomic E-state index is 6.24. The normalized spacial score (nSPS) is 21.0. The topological polar surface area (TPSA) is 15.3 Å². The summed E-state index contributed by atoms with van der Waals surface area (Å²) in [6, 6.07) is 6.72. The van der Waals surface area contributed by atoms with Crippen LogP contribution in [0.3, 0.4) is 0 Å². The highest BCUT2D eigenvalue weighted by Crippen LogP contribution is 2.25. The summed E-state index contributed by atoms with van der Waals surface area (Å²) in [5.74, 6) is 0. The monoisotopic (exact) mass is 316 g/mol. The Kier molecular flexibility index (Phi) is 4.86. The van der Waals surface area contributed by atoms with Crippen molar-refractivity contribution >= 4 is 27.5 Å². The van der Waals surface area contributed by atoms with Gasteiger partial charge in [0.25, 0.3) is 0 Å². The largest absolute Gasteiger partial charge is 0.318 e. The van der Waals surface area contributed by atoms with E-state index in [-0.39, 0.29) is 0 Å². The first-order valence-electron chi connectivity index (χ1n) is 6.03. The first-order valence-corrected chi connectivity index (χ1v) is 7.20. The van der Waals surface area contributed by atoms with E-state index in [1.165, 1.54) is 24.9 Å². The number of likely N-dealkylation sites (N-methyl/N-ethyl adjacent to an activating group) is 1. The van der Waals surface area contributed by atoms with Crippen molar-refractivity contribution in [3.63, 3.8) is 0 Å². The van der Waals surface area contributed by atoms with Gasteiger partial charge >= 0.3 is 0 Å². The summed E-state index contributed by atoms with van der Waals surface area (Å²) < 4.78 is 1.10. The minimum absolute atomic E-state index is 0.648. The van der Waals surface area contributed by atoms with E-state index in [1.54, 1.807) is 0 Å². The lowest BCUT2D eigenvalue weighted by Gasteiger charge is -2.24. The number of benzene rings is 1. The van der Waals surface area contributed by atoms with Crippen LogP contribution >= 0.6 is 27.5 Å². The van der Waals surface area contributed by atoms with Crippen LogP contribution in [0.2, 0.25) is 5.02 Å². The first-order chi connectivity index (χ1) is 8.20. The summed E-state index contributed by atoms with van der Waals surface area (Å²) in [7, 11) is 2.02. The van der Waals surface area contributed by atoms with Gasteiger partial charge in [-0.3, -0.25) is 4.90 Å². The molecule has 0 amide bonds. The van der Waals surface area contributed by atoms with E-state index < -0.39 is 0 Å². The molecule has 0 bridgehead atoms. The maximum Gasteiger partial charge on any atom is 0.0451 e. The highest BCUT2D eigenvalue weighted by atomic mass is 79.9. The average Bonchev–Trinajstić information content (AvgIpc) is 2.72. The van der Waals surface area contributed by atoms with E-state index >= 15 is 0 Å². The molecule has 94 valence electrons. The number of nitrogens with zero attached hydrogens (tertiary/aromatic N) is 1. The lowest BCUT2D eigenvalue weighted by atomic mass is 10.2. The minimum atomic E-state index is 0.648. The molecule has 1 unspecified atom stereocenters. The SMILES string of the molecule is CNCC1CCCN1Cc1cc(Br)ccc1Cl. The van der Waals surface area contributed by atoms with Crippen molar-refractivity contribution < 1.29 is 0 Å². The molecule has 2 rings (SSSR count). The molecule has 1 heterocycles. The second-order valence-corrected chi connectivity index (χ2v) is 5.88. The van der Waals surface area contributed by atoms with Gasteiger partial charge in [0.15, 0.2) is 0 Å². The summed E-state index contributed by atoms with van der Waals surface area (Å²) in [6.45, 7) is 3.19. The smallest absolute Gasteiger partial charge is 0.0451 e. The molecule has 1 saturated heterocycles. The Morgan fingerprint density at radius 3 is 3.12 bits per heavy atom. The molecule has 0 saturated carbocycles. The Morgan fingerprint density at radius 2 is 2.35 bits per heavy atom. The lowest BCUT2D eigenvalue weighted by molar-refractivity contribution is 0.242. The van der Waals surface area contributed by atoms with E-state index in [0.717, 1.165) is 22.6 Å². The molecular formula is C13H18BrClN2. The predicted octanol–water partition coefficient (Wildman–Crippen LogP) is 3.29. The predicted molar refractivity (Wildman–Crippen MR) is 76.5 cm³/mol. The summed E-state index contributed by atoms with van der Waals surface area (Å²) in [5, 5.41) is 4.13. The number of hydrogen-bond acceptors (Lipinski definition) is 2. The quantitative estimate of drug-likeness (QED) is 0.917. The van der Waals surface area contributed by atoms with Gasteiger partial charge in [-0.1, -0.05) is 27.5 Å². The van der Waals surface area contributed by atoms with Crippen molar-refractivity contribution in [2.75, 3.05) is 20.1 Å². The first kappa shape index (κ1) is 13.3. The lowest BCUT2D eigenvalue weighted by Crippen LogP contribution is -2.36. The molecular weight excluding hydrogens is 300 g/mol. The number of hydrogen-bond donors (Lipinski definition) is 1. The van der Waals surface area contributed by atoms with Crippen LogP contribution in [0.15, 0.2) is 22.7 Å². The van der Waals surface area contributed by atoms with Crippen LogP contribution in [-0.2, 0) is 6.54 Å². The fraction of sp³-hybridized carbons (Fsp3) is 0.538. The summed E-state index contributed by atoms with van der Waals surface area (Å²) in [6.07, 6.45) is 2.57. The van der Waals surface area contributed by atoms with Crippen LogP contribution in [0.1, 0.15) is 18.4 Å². The van der Waals surface area contributed by atoms with Crippen molar-refractivity contribution in [1.29, 1.82) is 0 Å². The van der Waals surface area contributed by atoms with Gasteiger partial charge in [0, 0.05) is 28.6 Å². The van der Waals surface area contributed by atoms with E-state index in [9.17, 15) is 0 Å². The van der Waals surface area contributed by atoms with Crippen molar-refractivity contribution in [1.82, 2.24) is 10.2 Å². The molecule has 1 aliphatic rings. The molecule has 1 N–H and O–H groups in total. The van der Waals surface area contributed by atoms with Crippen LogP contribution in [-0.4, -0.2) is 31.1 Å². The number of halogens is 2. The Labute approximate surface area is 116 Å². The molecule has 1 aromatic carbocycles. The van der Waals surface area contributed by atoms with Crippen LogP contribution in [0.4, 0.5) is 0 Å². The molecule has 1 aromatic rings. The summed E-state index contributed by atoms with van der Waals surface area (Å²) in [5.41, 5.74) is 1.21. The molecule has 0 spiro atoms. The molecule has 17 heavy (non-hydrogen) atoms.